The third kappa shape index (κ3) is 6.41. The number of para-hydroxylation sites is 1. The first-order valence-electron chi connectivity index (χ1n) is 8.74. The highest BCUT2D eigenvalue weighted by Crippen LogP contribution is 2.18. The van der Waals surface area contributed by atoms with Crippen LogP contribution >= 0.6 is 12.2 Å². The van der Waals surface area contributed by atoms with Gasteiger partial charge in [0.15, 0.2) is 11.7 Å². The standard InChI is InChI=1S/C22H20N2O3S/c25-21(16-27-19-11-5-2-6-12-19)24-22(28)23-18-10-7-13-20(14-18)26-15-17-8-3-1-4-9-17/h1-14H,15-16H2,(H2,23,24,25,28). The summed E-state index contributed by atoms with van der Waals surface area (Å²) in [5, 5.41) is 5.76. The third-order valence-corrected chi connectivity index (χ3v) is 3.91. The van der Waals surface area contributed by atoms with Crippen LogP contribution in [0, 0.1) is 0 Å². The van der Waals surface area contributed by atoms with Gasteiger partial charge in [0.05, 0.1) is 0 Å². The number of anilines is 1. The molecule has 3 rings (SSSR count). The minimum Gasteiger partial charge on any atom is -0.489 e. The minimum atomic E-state index is -0.335. The Kier molecular flexibility index (Phi) is 6.98. The maximum absolute atomic E-state index is 12.0. The zero-order valence-corrected chi connectivity index (χ0v) is 15.9. The van der Waals surface area contributed by atoms with E-state index in [4.69, 9.17) is 21.7 Å². The molecule has 5 nitrogen and oxygen atoms in total. The predicted octanol–water partition coefficient (Wildman–Crippen LogP) is 4.16. The monoisotopic (exact) mass is 392 g/mol. The number of thiocarbonyl (C=S) groups is 1. The molecule has 0 aliphatic heterocycles. The van der Waals surface area contributed by atoms with Gasteiger partial charge >= 0.3 is 0 Å². The van der Waals surface area contributed by atoms with Crippen molar-refractivity contribution in [3.05, 3.63) is 90.5 Å². The van der Waals surface area contributed by atoms with Crippen LogP contribution in [0.25, 0.3) is 0 Å². The lowest BCUT2D eigenvalue weighted by molar-refractivity contribution is -0.121. The second-order valence-corrected chi connectivity index (χ2v) is 6.31. The Morgan fingerprint density at radius 2 is 1.50 bits per heavy atom. The van der Waals surface area contributed by atoms with Gasteiger partial charge in [0, 0.05) is 11.8 Å². The summed E-state index contributed by atoms with van der Waals surface area (Å²) in [5.74, 6) is 0.994. The van der Waals surface area contributed by atoms with Crippen molar-refractivity contribution in [2.45, 2.75) is 6.61 Å². The fourth-order valence-electron chi connectivity index (χ4n) is 2.40. The van der Waals surface area contributed by atoms with Gasteiger partial charge in [-0.3, -0.25) is 10.1 Å². The second kappa shape index (κ2) is 10.1. The predicted molar refractivity (Wildman–Crippen MR) is 114 cm³/mol. The van der Waals surface area contributed by atoms with Gasteiger partial charge in [0.1, 0.15) is 18.1 Å². The van der Waals surface area contributed by atoms with Crippen molar-refractivity contribution in [3.8, 4) is 11.5 Å². The normalized spacial score (nSPS) is 10.0. The molecular formula is C22H20N2O3S. The van der Waals surface area contributed by atoms with E-state index in [1.165, 1.54) is 0 Å². The molecule has 28 heavy (non-hydrogen) atoms. The van der Waals surface area contributed by atoms with Gasteiger partial charge in [-0.05, 0) is 42.0 Å². The highest BCUT2D eigenvalue weighted by atomic mass is 32.1. The molecule has 0 fully saturated rings. The molecule has 0 aliphatic carbocycles. The Labute approximate surface area is 169 Å². The van der Waals surface area contributed by atoms with Gasteiger partial charge in [-0.15, -0.1) is 0 Å². The Hall–Kier alpha value is -3.38. The summed E-state index contributed by atoms with van der Waals surface area (Å²) in [6.07, 6.45) is 0. The molecule has 0 atom stereocenters. The van der Waals surface area contributed by atoms with Gasteiger partial charge in [-0.25, -0.2) is 0 Å². The van der Waals surface area contributed by atoms with Crippen molar-refractivity contribution < 1.29 is 14.3 Å². The smallest absolute Gasteiger partial charge is 0.264 e. The molecule has 1 amide bonds. The lowest BCUT2D eigenvalue weighted by Gasteiger charge is -2.12. The van der Waals surface area contributed by atoms with E-state index in [1.807, 2.05) is 72.8 Å². The summed E-state index contributed by atoms with van der Waals surface area (Å²) in [6.45, 7) is 0.356. The molecule has 2 N–H and O–H groups in total. The number of benzene rings is 3. The summed E-state index contributed by atoms with van der Waals surface area (Å²) in [6, 6.07) is 26.4. The van der Waals surface area contributed by atoms with E-state index in [0.29, 0.717) is 18.1 Å². The van der Waals surface area contributed by atoms with Crippen molar-refractivity contribution >= 4 is 28.9 Å². The Bertz CT molecular complexity index is 917. The summed E-state index contributed by atoms with van der Waals surface area (Å²) < 4.78 is 11.2. The number of rotatable bonds is 7. The molecule has 0 radical (unpaired) electrons. The topological polar surface area (TPSA) is 59.6 Å². The zero-order chi connectivity index (χ0) is 19.6. The van der Waals surface area contributed by atoms with Crippen LogP contribution < -0.4 is 20.1 Å². The largest absolute Gasteiger partial charge is 0.489 e. The summed E-state index contributed by atoms with van der Waals surface area (Å²) >= 11 is 5.19. The first-order chi connectivity index (χ1) is 13.7. The maximum Gasteiger partial charge on any atom is 0.264 e. The van der Waals surface area contributed by atoms with E-state index < -0.39 is 0 Å². The summed E-state index contributed by atoms with van der Waals surface area (Å²) in [7, 11) is 0. The molecule has 0 spiro atoms. The van der Waals surface area contributed by atoms with Gasteiger partial charge in [-0.2, -0.15) is 0 Å². The molecule has 0 bridgehead atoms. The highest BCUT2D eigenvalue weighted by Gasteiger charge is 2.07. The van der Waals surface area contributed by atoms with Crippen LogP contribution in [0.5, 0.6) is 11.5 Å². The molecule has 3 aromatic carbocycles. The van der Waals surface area contributed by atoms with Crippen LogP contribution in [0.2, 0.25) is 0 Å². The molecule has 0 aromatic heterocycles. The van der Waals surface area contributed by atoms with E-state index in [-0.39, 0.29) is 17.6 Å². The second-order valence-electron chi connectivity index (χ2n) is 5.91. The molecule has 0 heterocycles. The van der Waals surface area contributed by atoms with E-state index in [2.05, 4.69) is 10.6 Å². The van der Waals surface area contributed by atoms with Crippen LogP contribution in [-0.2, 0) is 11.4 Å². The van der Waals surface area contributed by atoms with Crippen LogP contribution in [0.4, 0.5) is 5.69 Å². The first kappa shape index (κ1) is 19.4. The fourth-order valence-corrected chi connectivity index (χ4v) is 2.63. The Morgan fingerprint density at radius 1 is 0.821 bits per heavy atom. The van der Waals surface area contributed by atoms with E-state index in [1.54, 1.807) is 12.1 Å². The third-order valence-electron chi connectivity index (χ3n) is 3.71. The van der Waals surface area contributed by atoms with Crippen molar-refractivity contribution in [2.24, 2.45) is 0 Å². The summed E-state index contributed by atoms with van der Waals surface area (Å²) in [5.41, 5.74) is 1.81. The fraction of sp³-hybridized carbons (Fsp3) is 0.0909. The van der Waals surface area contributed by atoms with Gasteiger partial charge in [0.2, 0.25) is 0 Å². The van der Waals surface area contributed by atoms with Crippen LogP contribution in [-0.4, -0.2) is 17.6 Å². The van der Waals surface area contributed by atoms with Crippen molar-refractivity contribution in [1.29, 1.82) is 0 Å². The SMILES string of the molecule is O=C(COc1ccccc1)NC(=S)Nc1cccc(OCc2ccccc2)c1. The lowest BCUT2D eigenvalue weighted by atomic mass is 10.2. The summed E-state index contributed by atoms with van der Waals surface area (Å²) in [4.78, 5) is 12.0. The molecule has 0 saturated heterocycles. The quantitative estimate of drug-likeness (QED) is 0.592. The number of hydrogen-bond donors (Lipinski definition) is 2. The number of carbonyl (C=O) groups is 1. The molecule has 3 aromatic rings. The van der Waals surface area contributed by atoms with E-state index in [9.17, 15) is 4.79 Å². The van der Waals surface area contributed by atoms with Crippen molar-refractivity contribution in [3.63, 3.8) is 0 Å². The van der Waals surface area contributed by atoms with Crippen LogP contribution in [0.1, 0.15) is 5.56 Å². The molecule has 0 unspecified atom stereocenters. The minimum absolute atomic E-state index is 0.119. The highest BCUT2D eigenvalue weighted by molar-refractivity contribution is 7.80. The Morgan fingerprint density at radius 3 is 2.25 bits per heavy atom. The molecule has 6 heteroatoms. The maximum atomic E-state index is 12.0. The van der Waals surface area contributed by atoms with Crippen molar-refractivity contribution in [2.75, 3.05) is 11.9 Å². The van der Waals surface area contributed by atoms with E-state index >= 15 is 0 Å². The molecular weight excluding hydrogens is 372 g/mol. The van der Waals surface area contributed by atoms with E-state index in [0.717, 1.165) is 11.3 Å². The van der Waals surface area contributed by atoms with Gasteiger partial charge in [-0.1, -0.05) is 54.6 Å². The van der Waals surface area contributed by atoms with Crippen LogP contribution in [0.15, 0.2) is 84.9 Å². The van der Waals surface area contributed by atoms with Gasteiger partial charge < -0.3 is 14.8 Å². The molecule has 0 saturated carbocycles. The number of amides is 1. The van der Waals surface area contributed by atoms with Gasteiger partial charge in [0.25, 0.3) is 5.91 Å². The number of nitrogens with one attached hydrogen (secondary N) is 2. The lowest BCUT2D eigenvalue weighted by Crippen LogP contribution is -2.37. The molecule has 0 aliphatic rings. The molecule has 142 valence electrons. The van der Waals surface area contributed by atoms with Crippen molar-refractivity contribution in [1.82, 2.24) is 5.32 Å². The first-order valence-corrected chi connectivity index (χ1v) is 9.15. The Balaban J connectivity index is 1.46. The van der Waals surface area contributed by atoms with Crippen LogP contribution in [0.3, 0.4) is 0 Å². The average Bonchev–Trinajstić information content (AvgIpc) is 2.72. The average molecular weight is 392 g/mol. The number of ether oxygens (including phenoxy) is 2. The zero-order valence-electron chi connectivity index (χ0n) is 15.1. The number of carbonyl (C=O) groups excluding carboxylic acids is 1. The number of hydrogen-bond acceptors (Lipinski definition) is 4.